The van der Waals surface area contributed by atoms with E-state index in [9.17, 15) is 9.18 Å². The first-order valence-corrected chi connectivity index (χ1v) is 6.88. The highest BCUT2D eigenvalue weighted by molar-refractivity contribution is 9.10. The van der Waals surface area contributed by atoms with E-state index in [4.69, 9.17) is 4.74 Å². The van der Waals surface area contributed by atoms with E-state index in [2.05, 4.69) is 15.9 Å². The monoisotopic (exact) mass is 336 g/mol. The second kappa shape index (κ2) is 5.75. The summed E-state index contributed by atoms with van der Waals surface area (Å²) in [4.78, 5) is 12.6. The van der Waals surface area contributed by atoms with Crippen LogP contribution in [0.1, 0.15) is 27.0 Å². The minimum absolute atomic E-state index is 0.0321. The highest BCUT2D eigenvalue weighted by Gasteiger charge is 2.20. The van der Waals surface area contributed by atoms with Crippen molar-refractivity contribution < 1.29 is 13.9 Å². The lowest BCUT2D eigenvalue weighted by molar-refractivity contribution is 0.103. The fourth-order valence-corrected chi connectivity index (χ4v) is 2.55. The molecule has 0 aliphatic heterocycles. The van der Waals surface area contributed by atoms with Gasteiger partial charge in [-0.05, 0) is 49.2 Å². The zero-order valence-corrected chi connectivity index (χ0v) is 13.0. The third-order valence-corrected chi connectivity index (χ3v) is 3.56. The van der Waals surface area contributed by atoms with Crippen molar-refractivity contribution in [3.8, 4) is 5.75 Å². The van der Waals surface area contributed by atoms with Crippen molar-refractivity contribution in [2.45, 2.75) is 13.8 Å². The Kier molecular flexibility index (Phi) is 4.23. The van der Waals surface area contributed by atoms with Crippen LogP contribution in [0.25, 0.3) is 0 Å². The number of ketones is 1. The molecule has 0 radical (unpaired) electrons. The SMILES string of the molecule is COc1cc(C)cc(C)c1C(=O)c1cc(Br)ccc1F. The van der Waals surface area contributed by atoms with Crippen molar-refractivity contribution in [2.24, 2.45) is 0 Å². The second-order valence-corrected chi connectivity index (χ2v) is 5.53. The van der Waals surface area contributed by atoms with Gasteiger partial charge >= 0.3 is 0 Å². The van der Waals surface area contributed by atoms with Gasteiger partial charge in [-0.3, -0.25) is 4.79 Å². The summed E-state index contributed by atoms with van der Waals surface area (Å²) in [6.07, 6.45) is 0. The molecule has 0 saturated carbocycles. The molecule has 0 amide bonds. The summed E-state index contributed by atoms with van der Waals surface area (Å²) in [5.41, 5.74) is 2.19. The average molecular weight is 337 g/mol. The molecule has 0 aromatic heterocycles. The molecule has 0 atom stereocenters. The molecule has 104 valence electrons. The van der Waals surface area contributed by atoms with E-state index in [1.807, 2.05) is 19.9 Å². The predicted molar refractivity (Wildman–Crippen MR) is 80.0 cm³/mol. The van der Waals surface area contributed by atoms with Crippen LogP contribution in [0.2, 0.25) is 0 Å². The fraction of sp³-hybridized carbons (Fsp3) is 0.188. The maximum atomic E-state index is 13.9. The van der Waals surface area contributed by atoms with Crippen LogP contribution in [0, 0.1) is 19.7 Å². The van der Waals surface area contributed by atoms with Gasteiger partial charge in [-0.1, -0.05) is 22.0 Å². The highest BCUT2D eigenvalue weighted by atomic mass is 79.9. The zero-order chi connectivity index (χ0) is 14.9. The number of rotatable bonds is 3. The number of halogens is 2. The van der Waals surface area contributed by atoms with Crippen molar-refractivity contribution in [3.63, 3.8) is 0 Å². The molecule has 0 unspecified atom stereocenters. The topological polar surface area (TPSA) is 26.3 Å². The maximum absolute atomic E-state index is 13.9. The van der Waals surface area contributed by atoms with E-state index in [1.165, 1.54) is 19.2 Å². The lowest BCUT2D eigenvalue weighted by Crippen LogP contribution is -2.09. The number of ether oxygens (including phenoxy) is 1. The first-order chi connectivity index (χ1) is 9.43. The van der Waals surface area contributed by atoms with Crippen molar-refractivity contribution in [3.05, 3.63) is 62.9 Å². The Morgan fingerprint density at radius 2 is 1.90 bits per heavy atom. The number of benzene rings is 2. The van der Waals surface area contributed by atoms with Crippen LogP contribution in [-0.4, -0.2) is 12.9 Å². The van der Waals surface area contributed by atoms with Gasteiger partial charge in [0.05, 0.1) is 18.2 Å². The Morgan fingerprint density at radius 3 is 2.55 bits per heavy atom. The molecular formula is C16H14BrFO2. The van der Waals surface area contributed by atoms with Crippen molar-refractivity contribution in [1.82, 2.24) is 0 Å². The summed E-state index contributed by atoms with van der Waals surface area (Å²) < 4.78 is 19.8. The summed E-state index contributed by atoms with van der Waals surface area (Å²) in [7, 11) is 1.50. The first kappa shape index (κ1) is 14.7. The average Bonchev–Trinajstić information content (AvgIpc) is 2.40. The lowest BCUT2D eigenvalue weighted by atomic mass is 9.96. The van der Waals surface area contributed by atoms with Gasteiger partial charge in [0, 0.05) is 4.47 Å². The smallest absolute Gasteiger partial charge is 0.200 e. The van der Waals surface area contributed by atoms with Crippen LogP contribution in [0.4, 0.5) is 4.39 Å². The molecule has 2 rings (SSSR count). The molecule has 0 N–H and O–H groups in total. The van der Waals surface area contributed by atoms with Crippen molar-refractivity contribution >= 4 is 21.7 Å². The molecule has 20 heavy (non-hydrogen) atoms. The summed E-state index contributed by atoms with van der Waals surface area (Å²) in [6.45, 7) is 3.74. The molecule has 0 saturated heterocycles. The maximum Gasteiger partial charge on any atom is 0.200 e. The lowest BCUT2D eigenvalue weighted by Gasteiger charge is -2.12. The Bertz CT molecular complexity index is 680. The Hall–Kier alpha value is -1.68. The van der Waals surface area contributed by atoms with Crippen LogP contribution in [0.3, 0.4) is 0 Å². The number of hydrogen-bond donors (Lipinski definition) is 0. The van der Waals surface area contributed by atoms with Crippen molar-refractivity contribution in [1.29, 1.82) is 0 Å². The predicted octanol–water partition coefficient (Wildman–Crippen LogP) is 4.44. The van der Waals surface area contributed by atoms with Gasteiger partial charge in [-0.2, -0.15) is 0 Å². The Morgan fingerprint density at radius 1 is 1.20 bits per heavy atom. The second-order valence-electron chi connectivity index (χ2n) is 4.61. The third kappa shape index (κ3) is 2.75. The van der Waals surface area contributed by atoms with E-state index < -0.39 is 5.82 Å². The Labute approximate surface area is 125 Å². The van der Waals surface area contributed by atoms with Gasteiger partial charge in [0.1, 0.15) is 11.6 Å². The molecule has 0 bridgehead atoms. The standard InChI is InChI=1S/C16H14BrFO2/c1-9-6-10(2)15(14(7-9)20-3)16(19)12-8-11(17)4-5-13(12)18/h4-8H,1-3H3. The normalized spacial score (nSPS) is 10.4. The van der Waals surface area contributed by atoms with E-state index in [-0.39, 0.29) is 11.3 Å². The molecular weight excluding hydrogens is 323 g/mol. The minimum Gasteiger partial charge on any atom is -0.496 e. The molecule has 2 aromatic carbocycles. The fourth-order valence-electron chi connectivity index (χ4n) is 2.19. The number of aryl methyl sites for hydroxylation is 2. The van der Waals surface area contributed by atoms with Gasteiger partial charge in [0.25, 0.3) is 0 Å². The molecule has 2 aromatic rings. The number of hydrogen-bond acceptors (Lipinski definition) is 2. The molecule has 0 aliphatic rings. The van der Waals surface area contributed by atoms with Gasteiger partial charge in [0.2, 0.25) is 0 Å². The Balaban J connectivity index is 2.62. The summed E-state index contributed by atoms with van der Waals surface area (Å²) >= 11 is 3.25. The molecule has 0 fully saturated rings. The van der Waals surface area contributed by atoms with Crippen LogP contribution in [0.5, 0.6) is 5.75 Å². The number of carbonyl (C=O) groups is 1. The van der Waals surface area contributed by atoms with Crippen molar-refractivity contribution in [2.75, 3.05) is 7.11 Å². The van der Waals surface area contributed by atoms with Gasteiger partial charge in [-0.15, -0.1) is 0 Å². The number of methoxy groups -OCH3 is 1. The molecule has 0 heterocycles. The largest absolute Gasteiger partial charge is 0.496 e. The van der Waals surface area contributed by atoms with Gasteiger partial charge < -0.3 is 4.74 Å². The van der Waals surface area contributed by atoms with Crippen LogP contribution in [0.15, 0.2) is 34.8 Å². The summed E-state index contributed by atoms with van der Waals surface area (Å²) in [6, 6.07) is 7.97. The highest BCUT2D eigenvalue weighted by Crippen LogP contribution is 2.28. The quantitative estimate of drug-likeness (QED) is 0.774. The van der Waals surface area contributed by atoms with Gasteiger partial charge in [0.15, 0.2) is 5.78 Å². The van der Waals surface area contributed by atoms with Crippen LogP contribution >= 0.6 is 15.9 Å². The van der Waals surface area contributed by atoms with E-state index >= 15 is 0 Å². The van der Waals surface area contributed by atoms with Crippen LogP contribution in [-0.2, 0) is 0 Å². The number of carbonyl (C=O) groups excluding carboxylic acids is 1. The van der Waals surface area contributed by atoms with Gasteiger partial charge in [-0.25, -0.2) is 4.39 Å². The molecule has 4 heteroatoms. The third-order valence-electron chi connectivity index (χ3n) is 3.06. The van der Waals surface area contributed by atoms with E-state index in [0.29, 0.717) is 15.8 Å². The van der Waals surface area contributed by atoms with E-state index in [0.717, 1.165) is 11.1 Å². The zero-order valence-electron chi connectivity index (χ0n) is 11.5. The molecule has 0 aliphatic carbocycles. The van der Waals surface area contributed by atoms with Crippen LogP contribution < -0.4 is 4.74 Å². The first-order valence-electron chi connectivity index (χ1n) is 6.09. The molecule has 0 spiro atoms. The minimum atomic E-state index is -0.541. The molecule has 2 nitrogen and oxygen atoms in total. The summed E-state index contributed by atoms with van der Waals surface area (Å²) in [5, 5.41) is 0. The van der Waals surface area contributed by atoms with E-state index in [1.54, 1.807) is 12.1 Å². The summed E-state index contributed by atoms with van der Waals surface area (Å²) in [5.74, 6) is -0.453.